The van der Waals surface area contributed by atoms with Crippen LogP contribution in [0.2, 0.25) is 0 Å². The molecule has 3 rings (SSSR count). The summed E-state index contributed by atoms with van der Waals surface area (Å²) in [5.41, 5.74) is 2.90. The second kappa shape index (κ2) is 4.24. The van der Waals surface area contributed by atoms with Crippen LogP contribution in [0.4, 0.5) is 5.69 Å². The van der Waals surface area contributed by atoms with Gasteiger partial charge in [0, 0.05) is 31.8 Å². The van der Waals surface area contributed by atoms with Crippen LogP contribution in [-0.4, -0.2) is 25.1 Å². The molecule has 3 aromatic heterocycles. The number of nitrogens with one attached hydrogen (secondary N) is 1. The molecule has 0 saturated heterocycles. The van der Waals surface area contributed by atoms with Crippen LogP contribution in [0.3, 0.4) is 0 Å². The first-order chi connectivity index (χ1) is 9.13. The Morgan fingerprint density at radius 2 is 2.16 bits per heavy atom. The van der Waals surface area contributed by atoms with Gasteiger partial charge in [-0.1, -0.05) is 0 Å². The van der Waals surface area contributed by atoms with Gasteiger partial charge >= 0.3 is 0 Å². The van der Waals surface area contributed by atoms with E-state index in [2.05, 4.69) is 15.4 Å². The minimum Gasteiger partial charge on any atom is -0.319 e. The molecule has 0 aromatic carbocycles. The summed E-state index contributed by atoms with van der Waals surface area (Å²) >= 11 is 0. The van der Waals surface area contributed by atoms with Gasteiger partial charge in [0.05, 0.1) is 16.9 Å². The smallest absolute Gasteiger partial charge is 0.257 e. The molecule has 0 atom stereocenters. The number of anilines is 1. The number of nitrogens with zero attached hydrogens (tertiary/aromatic N) is 4. The van der Waals surface area contributed by atoms with Crippen molar-refractivity contribution in [3.63, 3.8) is 0 Å². The first-order valence-electron chi connectivity index (χ1n) is 5.88. The van der Waals surface area contributed by atoms with Gasteiger partial charge in [0.25, 0.3) is 5.91 Å². The highest BCUT2D eigenvalue weighted by Gasteiger charge is 2.10. The summed E-state index contributed by atoms with van der Waals surface area (Å²) < 4.78 is 3.48. The van der Waals surface area contributed by atoms with E-state index >= 15 is 0 Å². The van der Waals surface area contributed by atoms with Crippen molar-refractivity contribution in [1.29, 1.82) is 0 Å². The minimum absolute atomic E-state index is 0.160. The third-order valence-corrected chi connectivity index (χ3v) is 2.91. The average Bonchev–Trinajstić information content (AvgIpc) is 2.95. The number of carbonyl (C=O) groups is 1. The van der Waals surface area contributed by atoms with Crippen LogP contribution in [0.15, 0.2) is 36.9 Å². The minimum atomic E-state index is -0.160. The van der Waals surface area contributed by atoms with Crippen LogP contribution in [-0.2, 0) is 7.05 Å². The lowest BCUT2D eigenvalue weighted by atomic mass is 10.2. The topological polar surface area (TPSA) is 64.2 Å². The van der Waals surface area contributed by atoms with Gasteiger partial charge in [0.15, 0.2) is 0 Å². The molecule has 96 valence electrons. The third-order valence-electron chi connectivity index (χ3n) is 2.91. The number of imidazole rings is 1. The summed E-state index contributed by atoms with van der Waals surface area (Å²) in [6, 6.07) is 3.56. The summed E-state index contributed by atoms with van der Waals surface area (Å²) in [4.78, 5) is 16.3. The monoisotopic (exact) mass is 255 g/mol. The van der Waals surface area contributed by atoms with E-state index in [9.17, 15) is 4.79 Å². The molecule has 3 aromatic rings. The van der Waals surface area contributed by atoms with Crippen molar-refractivity contribution in [3.05, 3.63) is 48.2 Å². The molecule has 1 amide bonds. The Labute approximate surface area is 109 Å². The van der Waals surface area contributed by atoms with E-state index in [0.29, 0.717) is 5.56 Å². The maximum atomic E-state index is 12.2. The summed E-state index contributed by atoms with van der Waals surface area (Å²) in [7, 11) is 1.82. The molecule has 0 fully saturated rings. The first kappa shape index (κ1) is 11.5. The number of pyridine rings is 1. The van der Waals surface area contributed by atoms with Crippen LogP contribution in [0.25, 0.3) is 5.65 Å². The number of hydrogen-bond donors (Lipinski definition) is 1. The molecule has 0 aliphatic heterocycles. The molecule has 0 aliphatic rings. The molecule has 1 N–H and O–H groups in total. The van der Waals surface area contributed by atoms with Crippen LogP contribution >= 0.6 is 0 Å². The number of amides is 1. The molecule has 6 heteroatoms. The number of rotatable bonds is 2. The zero-order valence-corrected chi connectivity index (χ0v) is 10.7. The molecule has 6 nitrogen and oxygen atoms in total. The summed E-state index contributed by atoms with van der Waals surface area (Å²) in [5, 5.41) is 7.03. The Balaban J connectivity index is 1.89. The molecule has 0 saturated carbocycles. The van der Waals surface area contributed by atoms with Gasteiger partial charge in [-0.3, -0.25) is 9.48 Å². The van der Waals surface area contributed by atoms with Gasteiger partial charge in [-0.05, 0) is 19.1 Å². The Morgan fingerprint density at radius 3 is 2.89 bits per heavy atom. The summed E-state index contributed by atoms with van der Waals surface area (Å²) in [6.45, 7) is 1.86. The van der Waals surface area contributed by atoms with Crippen molar-refractivity contribution >= 4 is 17.2 Å². The fraction of sp³-hybridized carbons (Fsp3) is 0.154. The molecular formula is C13H13N5O. The highest BCUT2D eigenvalue weighted by molar-refractivity contribution is 6.04. The van der Waals surface area contributed by atoms with Gasteiger partial charge in [-0.15, -0.1) is 0 Å². The van der Waals surface area contributed by atoms with Crippen LogP contribution in [0, 0.1) is 6.92 Å². The second-order valence-electron chi connectivity index (χ2n) is 4.37. The van der Waals surface area contributed by atoms with Gasteiger partial charge in [0.2, 0.25) is 0 Å². The van der Waals surface area contributed by atoms with E-state index in [1.807, 2.05) is 24.4 Å². The second-order valence-corrected chi connectivity index (χ2v) is 4.37. The van der Waals surface area contributed by atoms with E-state index in [1.165, 1.54) is 0 Å². The molecule has 3 heterocycles. The lowest BCUT2D eigenvalue weighted by Gasteiger charge is -2.04. The first-order valence-corrected chi connectivity index (χ1v) is 5.88. The van der Waals surface area contributed by atoms with Crippen molar-refractivity contribution < 1.29 is 4.79 Å². The highest BCUT2D eigenvalue weighted by Crippen LogP contribution is 2.13. The zero-order chi connectivity index (χ0) is 13.4. The molecule has 0 aliphatic carbocycles. The van der Waals surface area contributed by atoms with E-state index in [1.54, 1.807) is 35.5 Å². The van der Waals surface area contributed by atoms with Gasteiger partial charge in [-0.2, -0.15) is 5.10 Å². The normalized spacial score (nSPS) is 10.8. The fourth-order valence-electron chi connectivity index (χ4n) is 1.97. The third kappa shape index (κ3) is 2.08. The Morgan fingerprint density at radius 1 is 1.32 bits per heavy atom. The standard InChI is InChI=1S/C13H13N5O/c1-9-11(8-17(2)16-9)15-13(19)10-3-4-12-14-5-6-18(12)7-10/h3-8H,1-2H3,(H,15,19). The quantitative estimate of drug-likeness (QED) is 0.757. The Kier molecular flexibility index (Phi) is 2.56. The largest absolute Gasteiger partial charge is 0.319 e. The van der Waals surface area contributed by atoms with E-state index in [0.717, 1.165) is 17.0 Å². The van der Waals surface area contributed by atoms with Crippen LogP contribution in [0.1, 0.15) is 16.1 Å². The van der Waals surface area contributed by atoms with Crippen molar-refractivity contribution in [2.45, 2.75) is 6.92 Å². The van der Waals surface area contributed by atoms with E-state index < -0.39 is 0 Å². The van der Waals surface area contributed by atoms with Crippen molar-refractivity contribution in [2.75, 3.05) is 5.32 Å². The lowest BCUT2D eigenvalue weighted by molar-refractivity contribution is 0.102. The van der Waals surface area contributed by atoms with Gasteiger partial charge in [0.1, 0.15) is 5.65 Å². The molecule has 0 radical (unpaired) electrons. The predicted octanol–water partition coefficient (Wildman–Crippen LogP) is 1.63. The van der Waals surface area contributed by atoms with Crippen molar-refractivity contribution in [1.82, 2.24) is 19.2 Å². The average molecular weight is 255 g/mol. The zero-order valence-electron chi connectivity index (χ0n) is 10.7. The predicted molar refractivity (Wildman–Crippen MR) is 71.1 cm³/mol. The molecule has 0 unspecified atom stereocenters. The fourth-order valence-corrected chi connectivity index (χ4v) is 1.97. The maximum Gasteiger partial charge on any atom is 0.257 e. The molecule has 0 spiro atoms. The van der Waals surface area contributed by atoms with Crippen LogP contribution < -0.4 is 5.32 Å². The van der Waals surface area contributed by atoms with Gasteiger partial charge in [-0.25, -0.2) is 4.98 Å². The lowest BCUT2D eigenvalue weighted by Crippen LogP contribution is -2.12. The van der Waals surface area contributed by atoms with Crippen molar-refractivity contribution in [3.8, 4) is 0 Å². The summed E-state index contributed by atoms with van der Waals surface area (Å²) in [5.74, 6) is -0.160. The number of fused-ring (bicyclic) bond motifs is 1. The number of aromatic nitrogens is 4. The summed E-state index contributed by atoms with van der Waals surface area (Å²) in [6.07, 6.45) is 7.04. The van der Waals surface area contributed by atoms with E-state index in [4.69, 9.17) is 0 Å². The number of carbonyl (C=O) groups excluding carboxylic acids is 1. The van der Waals surface area contributed by atoms with Crippen molar-refractivity contribution in [2.24, 2.45) is 7.05 Å². The van der Waals surface area contributed by atoms with Crippen LogP contribution in [0.5, 0.6) is 0 Å². The Bertz CT molecular complexity index is 755. The number of aryl methyl sites for hydroxylation is 2. The van der Waals surface area contributed by atoms with E-state index in [-0.39, 0.29) is 5.91 Å². The number of hydrogen-bond acceptors (Lipinski definition) is 3. The highest BCUT2D eigenvalue weighted by atomic mass is 16.1. The van der Waals surface area contributed by atoms with Gasteiger partial charge < -0.3 is 9.72 Å². The Hall–Kier alpha value is -2.63. The SMILES string of the molecule is Cc1nn(C)cc1NC(=O)c1ccc2nccn2c1. The molecular weight excluding hydrogens is 242 g/mol. The molecule has 0 bridgehead atoms. The molecule has 19 heavy (non-hydrogen) atoms. The maximum absolute atomic E-state index is 12.2.